The molecule has 29 heavy (non-hydrogen) atoms. The van der Waals surface area contributed by atoms with Gasteiger partial charge in [0.05, 0.1) is 12.3 Å². The van der Waals surface area contributed by atoms with E-state index in [9.17, 15) is 4.79 Å². The Labute approximate surface area is 179 Å². The maximum Gasteiger partial charge on any atom is 0.258 e. The lowest BCUT2D eigenvalue weighted by atomic mass is 10.1. The van der Waals surface area contributed by atoms with E-state index in [0.29, 0.717) is 13.1 Å². The molecule has 0 aromatic heterocycles. The van der Waals surface area contributed by atoms with Gasteiger partial charge in [-0.25, -0.2) is 5.01 Å². The largest absolute Gasteiger partial charge is 0.271 e. The number of nitrogens with zero attached hydrogens (tertiary/aromatic N) is 3. The van der Waals surface area contributed by atoms with Gasteiger partial charge in [0.2, 0.25) is 0 Å². The summed E-state index contributed by atoms with van der Waals surface area (Å²) in [5, 5.41) is 6.38. The molecule has 5 heteroatoms. The summed E-state index contributed by atoms with van der Waals surface area (Å²) < 4.78 is 1.01. The zero-order chi connectivity index (χ0) is 20.2. The van der Waals surface area contributed by atoms with E-state index < -0.39 is 0 Å². The second-order valence-electron chi connectivity index (χ2n) is 7.11. The summed E-state index contributed by atoms with van der Waals surface area (Å²) in [5.41, 5.74) is 4.05. The molecule has 0 radical (unpaired) electrons. The summed E-state index contributed by atoms with van der Waals surface area (Å²) in [5.74, 6) is 0.00382. The molecule has 4 nitrogen and oxygen atoms in total. The highest BCUT2D eigenvalue weighted by molar-refractivity contribution is 9.10. The van der Waals surface area contributed by atoms with Crippen molar-refractivity contribution in [1.82, 2.24) is 9.91 Å². The molecular weight excluding hydrogens is 426 g/mol. The van der Waals surface area contributed by atoms with Crippen molar-refractivity contribution in [2.45, 2.75) is 19.6 Å². The molecule has 1 saturated heterocycles. The molecule has 4 rings (SSSR count). The van der Waals surface area contributed by atoms with Crippen LogP contribution in [0.1, 0.15) is 29.8 Å². The number of carbonyl (C=O) groups excluding carboxylic acids is 1. The first-order valence-corrected chi connectivity index (χ1v) is 10.4. The van der Waals surface area contributed by atoms with Crippen molar-refractivity contribution >= 4 is 27.5 Å². The second kappa shape index (κ2) is 8.72. The standard InChI is InChI=1S/C24H22BrN3O/c1-18(20-10-6-3-7-11-20)26-28-23(29)17-27(16-19-8-4-2-5-9-19)24(28)21-12-14-22(25)15-13-21/h2-15,24H,16-17H2,1H3/b26-18-/t24-/m0/s1. The topological polar surface area (TPSA) is 35.9 Å². The van der Waals surface area contributed by atoms with Gasteiger partial charge >= 0.3 is 0 Å². The maximum atomic E-state index is 13.0. The Morgan fingerprint density at radius 2 is 1.59 bits per heavy atom. The van der Waals surface area contributed by atoms with Crippen molar-refractivity contribution < 1.29 is 4.79 Å². The summed E-state index contributed by atoms with van der Waals surface area (Å²) >= 11 is 3.50. The Morgan fingerprint density at radius 3 is 2.24 bits per heavy atom. The molecule has 0 aliphatic carbocycles. The number of amides is 1. The van der Waals surface area contributed by atoms with E-state index in [1.165, 1.54) is 5.56 Å². The smallest absolute Gasteiger partial charge is 0.258 e. The fraction of sp³-hybridized carbons (Fsp3) is 0.167. The highest BCUT2D eigenvalue weighted by Crippen LogP contribution is 2.33. The van der Waals surface area contributed by atoms with Gasteiger partial charge in [0, 0.05) is 11.0 Å². The van der Waals surface area contributed by atoms with E-state index in [1.807, 2.05) is 79.7 Å². The molecule has 1 fully saturated rings. The van der Waals surface area contributed by atoms with Crippen LogP contribution in [-0.2, 0) is 11.3 Å². The predicted octanol–water partition coefficient (Wildman–Crippen LogP) is 5.22. The lowest BCUT2D eigenvalue weighted by molar-refractivity contribution is -0.128. The first-order chi connectivity index (χ1) is 14.1. The highest BCUT2D eigenvalue weighted by atomic mass is 79.9. The number of hydrazone groups is 1. The first-order valence-electron chi connectivity index (χ1n) is 9.58. The van der Waals surface area contributed by atoms with Crippen LogP contribution in [0.3, 0.4) is 0 Å². The number of hydrogen-bond donors (Lipinski definition) is 0. The van der Waals surface area contributed by atoms with Gasteiger partial charge in [0.1, 0.15) is 6.17 Å². The van der Waals surface area contributed by atoms with Crippen molar-refractivity contribution in [3.05, 3.63) is 106 Å². The fourth-order valence-corrected chi connectivity index (χ4v) is 3.84. The molecule has 0 unspecified atom stereocenters. The minimum absolute atomic E-state index is 0.00382. The lowest BCUT2D eigenvalue weighted by Gasteiger charge is -2.28. The minimum Gasteiger partial charge on any atom is -0.271 e. The van der Waals surface area contributed by atoms with Gasteiger partial charge < -0.3 is 0 Å². The monoisotopic (exact) mass is 447 g/mol. The molecule has 0 saturated carbocycles. The Kier molecular flexibility index (Phi) is 5.88. The summed E-state index contributed by atoms with van der Waals surface area (Å²) in [6, 6.07) is 28.3. The molecule has 3 aromatic rings. The molecule has 0 N–H and O–H groups in total. The van der Waals surface area contributed by atoms with Gasteiger partial charge in [-0.15, -0.1) is 0 Å². The van der Waals surface area contributed by atoms with Crippen LogP contribution in [0, 0.1) is 0 Å². The van der Waals surface area contributed by atoms with E-state index in [2.05, 4.69) is 33.0 Å². The summed E-state index contributed by atoms with van der Waals surface area (Å²) in [7, 11) is 0. The normalized spacial score (nSPS) is 17.7. The van der Waals surface area contributed by atoms with E-state index in [0.717, 1.165) is 21.3 Å². The number of halogens is 1. The Morgan fingerprint density at radius 1 is 0.966 bits per heavy atom. The van der Waals surface area contributed by atoms with Gasteiger partial charge in [0.15, 0.2) is 0 Å². The third-order valence-corrected chi connectivity index (χ3v) is 5.55. The third kappa shape index (κ3) is 4.47. The van der Waals surface area contributed by atoms with Crippen molar-refractivity contribution in [2.75, 3.05) is 6.54 Å². The van der Waals surface area contributed by atoms with E-state index in [1.54, 1.807) is 5.01 Å². The molecule has 1 amide bonds. The quantitative estimate of drug-likeness (QED) is 0.502. The lowest BCUT2D eigenvalue weighted by Crippen LogP contribution is -2.29. The van der Waals surface area contributed by atoms with Crippen molar-refractivity contribution in [2.24, 2.45) is 5.10 Å². The van der Waals surface area contributed by atoms with Crippen LogP contribution in [0.2, 0.25) is 0 Å². The van der Waals surface area contributed by atoms with E-state index in [-0.39, 0.29) is 12.1 Å². The molecule has 0 bridgehead atoms. The summed E-state index contributed by atoms with van der Waals surface area (Å²) in [6.07, 6.45) is -0.241. The Balaban J connectivity index is 1.70. The van der Waals surface area contributed by atoms with Crippen LogP contribution < -0.4 is 0 Å². The van der Waals surface area contributed by atoms with Gasteiger partial charge in [-0.1, -0.05) is 88.7 Å². The van der Waals surface area contributed by atoms with Crippen LogP contribution in [0.4, 0.5) is 0 Å². The Bertz CT molecular complexity index is 1000. The number of rotatable bonds is 5. The Hall–Kier alpha value is -2.76. The first kappa shape index (κ1) is 19.6. The molecule has 0 spiro atoms. The second-order valence-corrected chi connectivity index (χ2v) is 8.02. The molecule has 1 atom stereocenters. The van der Waals surface area contributed by atoms with Crippen molar-refractivity contribution in [3.8, 4) is 0 Å². The molecular formula is C24H22BrN3O. The predicted molar refractivity (Wildman–Crippen MR) is 119 cm³/mol. The zero-order valence-corrected chi connectivity index (χ0v) is 17.8. The molecule has 1 aliphatic rings. The van der Waals surface area contributed by atoms with E-state index in [4.69, 9.17) is 5.10 Å². The van der Waals surface area contributed by atoms with Gasteiger partial charge in [-0.05, 0) is 35.7 Å². The molecule has 1 heterocycles. The minimum atomic E-state index is -0.241. The third-order valence-electron chi connectivity index (χ3n) is 5.02. The SMILES string of the molecule is C/C(=N/N1C(=O)CN(Cc2ccccc2)[C@@H]1c1ccc(Br)cc1)c1ccccc1. The molecule has 1 aliphatic heterocycles. The van der Waals surface area contributed by atoms with Gasteiger partial charge in [-0.3, -0.25) is 9.69 Å². The maximum absolute atomic E-state index is 13.0. The molecule has 146 valence electrons. The van der Waals surface area contributed by atoms with Gasteiger partial charge in [-0.2, -0.15) is 5.10 Å². The highest BCUT2D eigenvalue weighted by Gasteiger charge is 2.39. The summed E-state index contributed by atoms with van der Waals surface area (Å²) in [4.78, 5) is 15.1. The van der Waals surface area contributed by atoms with Crippen molar-refractivity contribution in [3.63, 3.8) is 0 Å². The van der Waals surface area contributed by atoms with Crippen LogP contribution in [0.5, 0.6) is 0 Å². The fourth-order valence-electron chi connectivity index (χ4n) is 3.58. The average Bonchev–Trinajstić information content (AvgIpc) is 3.04. The van der Waals surface area contributed by atoms with E-state index >= 15 is 0 Å². The van der Waals surface area contributed by atoms with Gasteiger partial charge in [0.25, 0.3) is 5.91 Å². The average molecular weight is 448 g/mol. The number of benzene rings is 3. The van der Waals surface area contributed by atoms with Crippen molar-refractivity contribution in [1.29, 1.82) is 0 Å². The number of carbonyl (C=O) groups is 1. The van der Waals surface area contributed by atoms with Crippen LogP contribution in [0.15, 0.2) is 94.5 Å². The summed E-state index contributed by atoms with van der Waals surface area (Å²) in [6.45, 7) is 2.96. The number of hydrogen-bond acceptors (Lipinski definition) is 3. The molecule has 3 aromatic carbocycles. The zero-order valence-electron chi connectivity index (χ0n) is 16.2. The van der Waals surface area contributed by atoms with Crippen LogP contribution >= 0.6 is 15.9 Å². The van der Waals surface area contributed by atoms with Crippen LogP contribution in [-0.4, -0.2) is 28.1 Å². The van der Waals surface area contributed by atoms with Crippen LogP contribution in [0.25, 0.3) is 0 Å².